The molecule has 2 rings (SSSR count). The van der Waals surface area contributed by atoms with Crippen LogP contribution < -0.4 is 11.3 Å². The summed E-state index contributed by atoms with van der Waals surface area (Å²) in [5.74, 6) is 5.37. The number of aromatic nitrogens is 2. The van der Waals surface area contributed by atoms with Gasteiger partial charge in [-0.3, -0.25) is 10.5 Å². The van der Waals surface area contributed by atoms with Crippen molar-refractivity contribution in [3.63, 3.8) is 0 Å². The molecule has 18 heavy (non-hydrogen) atoms. The SMILES string of the molecule is CCn1nc(C)cc1C(NN)c1ccc(F)cc1. The fourth-order valence-electron chi connectivity index (χ4n) is 2.06. The highest BCUT2D eigenvalue weighted by Crippen LogP contribution is 2.22. The van der Waals surface area contributed by atoms with Crippen molar-refractivity contribution in [2.45, 2.75) is 26.4 Å². The normalized spacial score (nSPS) is 12.7. The van der Waals surface area contributed by atoms with Gasteiger partial charge in [0.2, 0.25) is 0 Å². The minimum atomic E-state index is -0.255. The molecule has 1 aromatic heterocycles. The van der Waals surface area contributed by atoms with E-state index in [4.69, 9.17) is 5.84 Å². The quantitative estimate of drug-likeness (QED) is 0.642. The van der Waals surface area contributed by atoms with Gasteiger partial charge in [0.15, 0.2) is 0 Å². The van der Waals surface area contributed by atoms with Crippen LogP contribution in [0.25, 0.3) is 0 Å². The molecule has 0 aliphatic carbocycles. The summed E-state index contributed by atoms with van der Waals surface area (Å²) in [6.07, 6.45) is 0. The van der Waals surface area contributed by atoms with Gasteiger partial charge in [0, 0.05) is 6.54 Å². The van der Waals surface area contributed by atoms with Crippen LogP contribution >= 0.6 is 0 Å². The first kappa shape index (κ1) is 12.7. The van der Waals surface area contributed by atoms with E-state index >= 15 is 0 Å². The maximum atomic E-state index is 12.9. The highest BCUT2D eigenvalue weighted by atomic mass is 19.1. The second-order valence-corrected chi connectivity index (χ2v) is 4.18. The molecular formula is C13H17FN4. The number of benzene rings is 1. The molecule has 96 valence electrons. The first-order valence-electron chi connectivity index (χ1n) is 5.91. The van der Waals surface area contributed by atoms with Crippen LogP contribution in [0.15, 0.2) is 30.3 Å². The zero-order valence-corrected chi connectivity index (χ0v) is 10.5. The van der Waals surface area contributed by atoms with Crippen LogP contribution in [-0.2, 0) is 6.54 Å². The molecule has 0 aliphatic rings. The number of nitrogens with one attached hydrogen (secondary N) is 1. The molecule has 1 unspecified atom stereocenters. The zero-order chi connectivity index (χ0) is 13.1. The molecule has 1 aromatic carbocycles. The Labute approximate surface area is 106 Å². The van der Waals surface area contributed by atoms with Gasteiger partial charge in [0.1, 0.15) is 5.82 Å². The van der Waals surface area contributed by atoms with E-state index in [1.807, 2.05) is 24.6 Å². The lowest BCUT2D eigenvalue weighted by Gasteiger charge is -2.17. The Hall–Kier alpha value is -1.72. The summed E-state index contributed by atoms with van der Waals surface area (Å²) < 4.78 is 14.8. The van der Waals surface area contributed by atoms with Crippen LogP contribution in [-0.4, -0.2) is 9.78 Å². The van der Waals surface area contributed by atoms with Crippen molar-refractivity contribution >= 4 is 0 Å². The van der Waals surface area contributed by atoms with Gasteiger partial charge in [-0.1, -0.05) is 12.1 Å². The molecule has 0 radical (unpaired) electrons. The molecule has 2 aromatic rings. The Kier molecular flexibility index (Phi) is 3.74. The highest BCUT2D eigenvalue weighted by Gasteiger charge is 2.17. The van der Waals surface area contributed by atoms with Gasteiger partial charge in [-0.15, -0.1) is 0 Å². The van der Waals surface area contributed by atoms with Crippen molar-refractivity contribution in [2.75, 3.05) is 0 Å². The Balaban J connectivity index is 2.41. The lowest BCUT2D eigenvalue weighted by molar-refractivity contribution is 0.541. The second kappa shape index (κ2) is 5.29. The minimum Gasteiger partial charge on any atom is -0.271 e. The van der Waals surface area contributed by atoms with E-state index in [9.17, 15) is 4.39 Å². The van der Waals surface area contributed by atoms with Crippen LogP contribution in [0, 0.1) is 12.7 Å². The largest absolute Gasteiger partial charge is 0.271 e. The fraction of sp³-hybridized carbons (Fsp3) is 0.308. The predicted octanol–water partition coefficient (Wildman–Crippen LogP) is 1.90. The maximum absolute atomic E-state index is 12.9. The Morgan fingerprint density at radius 2 is 2.06 bits per heavy atom. The van der Waals surface area contributed by atoms with Gasteiger partial charge >= 0.3 is 0 Å². The summed E-state index contributed by atoms with van der Waals surface area (Å²) in [7, 11) is 0. The molecule has 3 N–H and O–H groups in total. The van der Waals surface area contributed by atoms with E-state index in [2.05, 4.69) is 10.5 Å². The van der Waals surface area contributed by atoms with Crippen LogP contribution in [0.1, 0.15) is 29.9 Å². The van der Waals surface area contributed by atoms with Crippen molar-refractivity contribution in [1.29, 1.82) is 0 Å². The first-order chi connectivity index (χ1) is 8.65. The molecule has 0 spiro atoms. The molecule has 1 atom stereocenters. The monoisotopic (exact) mass is 248 g/mol. The number of aryl methyl sites for hydroxylation is 2. The number of nitrogens with two attached hydrogens (primary N) is 1. The van der Waals surface area contributed by atoms with Crippen molar-refractivity contribution in [3.05, 3.63) is 53.1 Å². The zero-order valence-electron chi connectivity index (χ0n) is 10.5. The van der Waals surface area contributed by atoms with Crippen molar-refractivity contribution in [3.8, 4) is 0 Å². The maximum Gasteiger partial charge on any atom is 0.123 e. The topological polar surface area (TPSA) is 55.9 Å². The molecule has 0 saturated carbocycles. The molecule has 0 fully saturated rings. The Morgan fingerprint density at radius 3 is 2.61 bits per heavy atom. The number of hydrogen-bond donors (Lipinski definition) is 2. The van der Waals surface area contributed by atoms with Crippen LogP contribution in [0.2, 0.25) is 0 Å². The van der Waals surface area contributed by atoms with Crippen LogP contribution in [0.3, 0.4) is 0 Å². The van der Waals surface area contributed by atoms with E-state index in [1.165, 1.54) is 12.1 Å². The van der Waals surface area contributed by atoms with E-state index in [0.29, 0.717) is 0 Å². The average molecular weight is 248 g/mol. The van der Waals surface area contributed by atoms with Gasteiger partial charge in [0.05, 0.1) is 17.4 Å². The summed E-state index contributed by atoms with van der Waals surface area (Å²) in [6, 6.07) is 8.10. The summed E-state index contributed by atoms with van der Waals surface area (Å²) in [5.41, 5.74) is 5.58. The first-order valence-corrected chi connectivity index (χ1v) is 5.91. The fourth-order valence-corrected chi connectivity index (χ4v) is 2.06. The molecule has 0 saturated heterocycles. The van der Waals surface area contributed by atoms with Crippen molar-refractivity contribution in [2.24, 2.45) is 5.84 Å². The van der Waals surface area contributed by atoms with Crippen molar-refractivity contribution in [1.82, 2.24) is 15.2 Å². The number of nitrogens with zero attached hydrogens (tertiary/aromatic N) is 2. The lowest BCUT2D eigenvalue weighted by Crippen LogP contribution is -2.30. The molecule has 0 aliphatic heterocycles. The third-order valence-corrected chi connectivity index (χ3v) is 2.90. The van der Waals surface area contributed by atoms with Gasteiger partial charge in [-0.05, 0) is 37.6 Å². The Bertz CT molecular complexity index is 518. The smallest absolute Gasteiger partial charge is 0.123 e. The molecular weight excluding hydrogens is 231 g/mol. The second-order valence-electron chi connectivity index (χ2n) is 4.18. The number of hydrazine groups is 1. The molecule has 1 heterocycles. The van der Waals surface area contributed by atoms with E-state index < -0.39 is 0 Å². The summed E-state index contributed by atoms with van der Waals surface area (Å²) in [6.45, 7) is 4.73. The summed E-state index contributed by atoms with van der Waals surface area (Å²) in [5, 5.41) is 4.39. The third-order valence-electron chi connectivity index (χ3n) is 2.90. The standard InChI is InChI=1S/C13H17FN4/c1-3-18-12(8-9(2)17-18)13(16-15)10-4-6-11(14)7-5-10/h4-8,13,16H,3,15H2,1-2H3. The van der Waals surface area contributed by atoms with Crippen molar-refractivity contribution < 1.29 is 4.39 Å². The highest BCUT2D eigenvalue weighted by molar-refractivity contribution is 5.29. The van der Waals surface area contributed by atoms with Crippen LogP contribution in [0.5, 0.6) is 0 Å². The van der Waals surface area contributed by atoms with Gasteiger partial charge in [-0.25, -0.2) is 9.82 Å². The van der Waals surface area contributed by atoms with E-state index in [0.717, 1.165) is 23.5 Å². The third kappa shape index (κ3) is 2.42. The molecule has 5 heteroatoms. The number of hydrogen-bond acceptors (Lipinski definition) is 3. The average Bonchev–Trinajstić information content (AvgIpc) is 2.74. The predicted molar refractivity (Wildman–Crippen MR) is 68.2 cm³/mol. The van der Waals surface area contributed by atoms with E-state index in [-0.39, 0.29) is 11.9 Å². The van der Waals surface area contributed by atoms with Gasteiger partial charge in [0.25, 0.3) is 0 Å². The molecule has 4 nitrogen and oxygen atoms in total. The Morgan fingerprint density at radius 1 is 1.39 bits per heavy atom. The summed E-state index contributed by atoms with van der Waals surface area (Å²) in [4.78, 5) is 0. The van der Waals surface area contributed by atoms with E-state index in [1.54, 1.807) is 12.1 Å². The minimum absolute atomic E-state index is 0.188. The van der Waals surface area contributed by atoms with Gasteiger partial charge in [-0.2, -0.15) is 5.10 Å². The number of rotatable bonds is 4. The molecule has 0 bridgehead atoms. The molecule has 0 amide bonds. The van der Waals surface area contributed by atoms with Crippen LogP contribution in [0.4, 0.5) is 4.39 Å². The lowest BCUT2D eigenvalue weighted by atomic mass is 10.0. The van der Waals surface area contributed by atoms with Gasteiger partial charge < -0.3 is 0 Å². The summed E-state index contributed by atoms with van der Waals surface area (Å²) >= 11 is 0. The number of halogens is 1.